The lowest BCUT2D eigenvalue weighted by molar-refractivity contribution is -0.123. The number of pyridine rings is 1. The molecule has 1 heterocycles. The summed E-state index contributed by atoms with van der Waals surface area (Å²) in [4.78, 5) is 15.6. The Labute approximate surface area is 117 Å². The van der Waals surface area contributed by atoms with Gasteiger partial charge in [0.05, 0.1) is 7.11 Å². The maximum Gasteiger partial charge on any atom is 0.258 e. The topological polar surface area (TPSA) is 60.5 Å². The molecule has 20 heavy (non-hydrogen) atoms. The number of rotatable bonds is 6. The van der Waals surface area contributed by atoms with Gasteiger partial charge in [-0.1, -0.05) is 12.1 Å². The number of methoxy groups -OCH3 is 1. The van der Waals surface area contributed by atoms with E-state index in [0.717, 1.165) is 5.56 Å². The highest BCUT2D eigenvalue weighted by molar-refractivity contribution is 5.77. The van der Waals surface area contributed by atoms with Crippen molar-refractivity contribution in [3.05, 3.63) is 54.4 Å². The molecule has 0 atom stereocenters. The minimum atomic E-state index is -0.187. The molecule has 0 spiro atoms. The zero-order chi connectivity index (χ0) is 14.2. The number of nitrogens with one attached hydrogen (secondary N) is 1. The Kier molecular flexibility index (Phi) is 4.94. The van der Waals surface area contributed by atoms with Gasteiger partial charge in [-0.2, -0.15) is 0 Å². The molecule has 1 amide bonds. The first kappa shape index (κ1) is 13.9. The fourth-order valence-corrected chi connectivity index (χ4v) is 1.63. The van der Waals surface area contributed by atoms with E-state index in [2.05, 4.69) is 10.3 Å². The zero-order valence-electron chi connectivity index (χ0n) is 11.2. The van der Waals surface area contributed by atoms with Crippen LogP contribution in [0.25, 0.3) is 0 Å². The number of hydrogen-bond donors (Lipinski definition) is 1. The first-order valence-corrected chi connectivity index (χ1v) is 6.21. The average molecular weight is 272 g/mol. The van der Waals surface area contributed by atoms with E-state index in [1.807, 2.05) is 24.3 Å². The van der Waals surface area contributed by atoms with Crippen LogP contribution >= 0.6 is 0 Å². The van der Waals surface area contributed by atoms with Gasteiger partial charge in [-0.25, -0.2) is 0 Å². The number of ether oxygens (including phenoxy) is 2. The van der Waals surface area contributed by atoms with Gasteiger partial charge < -0.3 is 14.8 Å². The molecule has 1 aromatic heterocycles. The van der Waals surface area contributed by atoms with E-state index in [0.29, 0.717) is 18.0 Å². The van der Waals surface area contributed by atoms with Crippen molar-refractivity contribution >= 4 is 5.91 Å². The molecule has 104 valence electrons. The number of hydrogen-bond acceptors (Lipinski definition) is 4. The van der Waals surface area contributed by atoms with Gasteiger partial charge in [0.25, 0.3) is 5.91 Å². The number of para-hydroxylation sites is 2. The van der Waals surface area contributed by atoms with Crippen molar-refractivity contribution in [3.8, 4) is 11.5 Å². The van der Waals surface area contributed by atoms with Gasteiger partial charge in [-0.3, -0.25) is 9.78 Å². The molecule has 0 aliphatic carbocycles. The molecular formula is C15H16N2O3. The summed E-state index contributed by atoms with van der Waals surface area (Å²) >= 11 is 0. The molecular weight excluding hydrogens is 256 g/mol. The van der Waals surface area contributed by atoms with Crippen LogP contribution in [-0.2, 0) is 11.3 Å². The predicted octanol–water partition coefficient (Wildman–Crippen LogP) is 1.79. The molecule has 0 unspecified atom stereocenters. The van der Waals surface area contributed by atoms with Crippen LogP contribution in [0.15, 0.2) is 48.8 Å². The van der Waals surface area contributed by atoms with Crippen LogP contribution in [0.1, 0.15) is 5.56 Å². The Bertz CT molecular complexity index is 558. The molecule has 0 radical (unpaired) electrons. The molecule has 0 saturated carbocycles. The van der Waals surface area contributed by atoms with Crippen LogP contribution in [0, 0.1) is 0 Å². The molecule has 5 nitrogen and oxygen atoms in total. The van der Waals surface area contributed by atoms with Crippen LogP contribution in [0.4, 0.5) is 0 Å². The van der Waals surface area contributed by atoms with Gasteiger partial charge in [0.15, 0.2) is 18.1 Å². The van der Waals surface area contributed by atoms with Crippen LogP contribution in [0.3, 0.4) is 0 Å². The van der Waals surface area contributed by atoms with Gasteiger partial charge >= 0.3 is 0 Å². The maximum atomic E-state index is 11.7. The summed E-state index contributed by atoms with van der Waals surface area (Å²) in [5.74, 6) is 0.969. The lowest BCUT2D eigenvalue weighted by Gasteiger charge is -2.10. The number of carbonyl (C=O) groups excluding carboxylic acids is 1. The molecule has 0 fully saturated rings. The molecule has 0 bridgehead atoms. The van der Waals surface area contributed by atoms with Crippen molar-refractivity contribution in [1.82, 2.24) is 10.3 Å². The minimum Gasteiger partial charge on any atom is -0.493 e. The second-order valence-electron chi connectivity index (χ2n) is 4.07. The summed E-state index contributed by atoms with van der Waals surface area (Å²) in [5, 5.41) is 2.77. The molecule has 2 rings (SSSR count). The van der Waals surface area contributed by atoms with Crippen molar-refractivity contribution in [2.75, 3.05) is 13.7 Å². The van der Waals surface area contributed by atoms with Gasteiger partial charge in [-0.05, 0) is 29.8 Å². The number of benzene rings is 1. The first-order chi connectivity index (χ1) is 9.79. The molecule has 1 N–H and O–H groups in total. The highest BCUT2D eigenvalue weighted by Crippen LogP contribution is 2.25. The molecule has 0 saturated heterocycles. The highest BCUT2D eigenvalue weighted by Gasteiger charge is 2.06. The predicted molar refractivity (Wildman–Crippen MR) is 74.6 cm³/mol. The third kappa shape index (κ3) is 3.98. The first-order valence-electron chi connectivity index (χ1n) is 6.21. The van der Waals surface area contributed by atoms with Crippen molar-refractivity contribution in [2.45, 2.75) is 6.54 Å². The standard InChI is InChI=1S/C15H16N2O3/c1-19-13-4-2-3-5-14(13)20-11-15(18)17-10-12-6-8-16-9-7-12/h2-9H,10-11H2,1H3,(H,17,18). The monoisotopic (exact) mass is 272 g/mol. The molecule has 0 aliphatic rings. The summed E-state index contributed by atoms with van der Waals surface area (Å²) in [5.41, 5.74) is 0.991. The second kappa shape index (κ2) is 7.13. The van der Waals surface area contributed by atoms with Crippen molar-refractivity contribution in [1.29, 1.82) is 0 Å². The van der Waals surface area contributed by atoms with E-state index in [9.17, 15) is 4.79 Å². The molecule has 5 heteroatoms. The van der Waals surface area contributed by atoms with E-state index in [4.69, 9.17) is 9.47 Å². The van der Waals surface area contributed by atoms with E-state index < -0.39 is 0 Å². The second-order valence-corrected chi connectivity index (χ2v) is 4.07. The number of aromatic nitrogens is 1. The quantitative estimate of drug-likeness (QED) is 0.871. The normalized spacial score (nSPS) is 9.85. The lowest BCUT2D eigenvalue weighted by atomic mass is 10.3. The van der Waals surface area contributed by atoms with Gasteiger partial charge in [-0.15, -0.1) is 0 Å². The number of nitrogens with zero attached hydrogens (tertiary/aromatic N) is 1. The summed E-state index contributed by atoms with van der Waals surface area (Å²) < 4.78 is 10.6. The maximum absolute atomic E-state index is 11.7. The largest absolute Gasteiger partial charge is 0.493 e. The molecule has 2 aromatic rings. The summed E-state index contributed by atoms with van der Waals surface area (Å²) in [6.07, 6.45) is 3.37. The Hall–Kier alpha value is -2.56. The summed E-state index contributed by atoms with van der Waals surface area (Å²) in [6.45, 7) is 0.405. The van der Waals surface area contributed by atoms with Gasteiger partial charge in [0.2, 0.25) is 0 Å². The van der Waals surface area contributed by atoms with E-state index in [1.165, 1.54) is 0 Å². The third-order valence-electron chi connectivity index (χ3n) is 2.67. The summed E-state index contributed by atoms with van der Waals surface area (Å²) in [6, 6.07) is 10.9. The Morgan fingerprint density at radius 1 is 1.15 bits per heavy atom. The fourth-order valence-electron chi connectivity index (χ4n) is 1.63. The van der Waals surface area contributed by atoms with Gasteiger partial charge in [0, 0.05) is 18.9 Å². The number of carbonyl (C=O) groups is 1. The zero-order valence-corrected chi connectivity index (χ0v) is 11.2. The van der Waals surface area contributed by atoms with Crippen LogP contribution in [0.5, 0.6) is 11.5 Å². The average Bonchev–Trinajstić information content (AvgIpc) is 2.52. The Morgan fingerprint density at radius 3 is 2.55 bits per heavy atom. The van der Waals surface area contributed by atoms with E-state index in [-0.39, 0.29) is 12.5 Å². The smallest absolute Gasteiger partial charge is 0.258 e. The minimum absolute atomic E-state index is 0.0501. The van der Waals surface area contributed by atoms with Gasteiger partial charge in [0.1, 0.15) is 0 Å². The third-order valence-corrected chi connectivity index (χ3v) is 2.67. The highest BCUT2D eigenvalue weighted by atomic mass is 16.5. The lowest BCUT2D eigenvalue weighted by Crippen LogP contribution is -2.28. The Balaban J connectivity index is 1.80. The number of amides is 1. The van der Waals surface area contributed by atoms with Crippen molar-refractivity contribution in [2.24, 2.45) is 0 Å². The molecule has 1 aromatic carbocycles. The summed E-state index contributed by atoms with van der Waals surface area (Å²) in [7, 11) is 1.56. The fraction of sp³-hybridized carbons (Fsp3) is 0.200. The van der Waals surface area contributed by atoms with Crippen LogP contribution < -0.4 is 14.8 Å². The van der Waals surface area contributed by atoms with Crippen LogP contribution in [-0.4, -0.2) is 24.6 Å². The SMILES string of the molecule is COc1ccccc1OCC(=O)NCc1ccncc1. The Morgan fingerprint density at radius 2 is 1.85 bits per heavy atom. The van der Waals surface area contributed by atoms with E-state index >= 15 is 0 Å². The van der Waals surface area contributed by atoms with Crippen molar-refractivity contribution in [3.63, 3.8) is 0 Å². The van der Waals surface area contributed by atoms with Crippen LogP contribution in [0.2, 0.25) is 0 Å². The molecule has 0 aliphatic heterocycles. The van der Waals surface area contributed by atoms with E-state index in [1.54, 1.807) is 31.6 Å². The van der Waals surface area contributed by atoms with Crippen molar-refractivity contribution < 1.29 is 14.3 Å².